The maximum atomic E-state index is 15.8. The normalized spacial score (nSPS) is 14.4. The van der Waals surface area contributed by atoms with E-state index >= 15 is 4.39 Å². The largest absolute Gasteiger partial charge is 0.389 e. The van der Waals surface area contributed by atoms with Crippen molar-refractivity contribution in [3.05, 3.63) is 65.1 Å². The summed E-state index contributed by atoms with van der Waals surface area (Å²) in [6.07, 6.45) is 1.43. The van der Waals surface area contributed by atoms with Crippen LogP contribution in [0.3, 0.4) is 0 Å². The first-order valence-corrected chi connectivity index (χ1v) is 12.7. The Morgan fingerprint density at radius 2 is 1.73 bits per heavy atom. The molecular formula is C29H26F3N7O. The number of rotatable bonds is 5. The first-order valence-electron chi connectivity index (χ1n) is 12.7. The van der Waals surface area contributed by atoms with Crippen molar-refractivity contribution in [2.75, 3.05) is 18.0 Å². The number of nitrogens with two attached hydrogens (primary N) is 1. The number of pyridine rings is 1. The molecule has 1 saturated heterocycles. The maximum Gasteiger partial charge on any atom is 0.240 e. The van der Waals surface area contributed by atoms with E-state index in [1.165, 1.54) is 42.8 Å². The Morgan fingerprint density at radius 3 is 2.35 bits per heavy atom. The lowest BCUT2D eigenvalue weighted by Gasteiger charge is -2.31. The third-order valence-electron chi connectivity index (χ3n) is 6.95. The molecule has 3 heterocycles. The molecule has 0 aliphatic carbocycles. The molecule has 4 aromatic rings. The van der Waals surface area contributed by atoms with Crippen LogP contribution >= 0.6 is 0 Å². The van der Waals surface area contributed by atoms with Crippen LogP contribution in [0.15, 0.2) is 36.4 Å². The minimum Gasteiger partial charge on any atom is -0.389 e. The zero-order chi connectivity index (χ0) is 28.8. The second-order valence-electron chi connectivity index (χ2n) is 10.6. The highest BCUT2D eigenvalue weighted by Crippen LogP contribution is 2.40. The quantitative estimate of drug-likeness (QED) is 0.374. The van der Waals surface area contributed by atoms with Crippen molar-refractivity contribution in [2.24, 2.45) is 5.73 Å². The zero-order valence-corrected chi connectivity index (χ0v) is 21.9. The second kappa shape index (κ2) is 10.3. The molecule has 2 aromatic heterocycles. The summed E-state index contributed by atoms with van der Waals surface area (Å²) < 4.78 is 46.7. The van der Waals surface area contributed by atoms with Crippen molar-refractivity contribution in [3.8, 4) is 34.5 Å². The molecule has 5 rings (SSSR count). The molecule has 1 fully saturated rings. The number of nitrogens with zero attached hydrogens (tertiary/aromatic N) is 6. The maximum absolute atomic E-state index is 15.8. The van der Waals surface area contributed by atoms with Gasteiger partial charge in [0.15, 0.2) is 0 Å². The van der Waals surface area contributed by atoms with E-state index in [1.54, 1.807) is 6.07 Å². The van der Waals surface area contributed by atoms with Crippen LogP contribution in [0.25, 0.3) is 33.3 Å². The molecule has 0 amide bonds. The predicted molar refractivity (Wildman–Crippen MR) is 143 cm³/mol. The summed E-state index contributed by atoms with van der Waals surface area (Å²) >= 11 is 0. The number of fused-ring (bicyclic) bond motifs is 1. The third-order valence-corrected chi connectivity index (χ3v) is 6.95. The second-order valence-corrected chi connectivity index (χ2v) is 10.6. The molecular weight excluding hydrogens is 519 g/mol. The zero-order valence-electron chi connectivity index (χ0n) is 21.9. The number of hydrogen-bond acceptors (Lipinski definition) is 7. The Kier molecular flexibility index (Phi) is 6.96. The fourth-order valence-corrected chi connectivity index (χ4v) is 4.98. The standard InChI is InChI=1S/C29H26F3N7O/c1-29(2,40)15-39-24-12-23(31)20(11-21(24)28(32)37-39)26-18(14-34)10-25(38-7-5-19(35)6-8-38)36-27(26)16-3-4-17(13-33)22(30)9-16/h3-4,9-12,19,40H,5-8,15,35H2,1-2H3. The van der Waals surface area contributed by atoms with E-state index in [4.69, 9.17) is 10.7 Å². The lowest BCUT2D eigenvalue weighted by molar-refractivity contribution is 0.0586. The van der Waals surface area contributed by atoms with E-state index in [2.05, 4.69) is 11.2 Å². The van der Waals surface area contributed by atoms with Gasteiger partial charge in [0, 0.05) is 41.9 Å². The molecule has 0 atom stereocenters. The molecule has 1 aliphatic rings. The Bertz CT molecular complexity index is 1700. The summed E-state index contributed by atoms with van der Waals surface area (Å²) in [4.78, 5) is 6.70. The Morgan fingerprint density at radius 1 is 1.02 bits per heavy atom. The monoisotopic (exact) mass is 545 g/mol. The van der Waals surface area contributed by atoms with Crippen LogP contribution in [0.4, 0.5) is 19.0 Å². The van der Waals surface area contributed by atoms with Crippen molar-refractivity contribution in [2.45, 2.75) is 44.9 Å². The molecule has 2 aromatic carbocycles. The molecule has 8 nitrogen and oxygen atoms in total. The molecule has 3 N–H and O–H groups in total. The van der Waals surface area contributed by atoms with E-state index in [1.807, 2.05) is 4.90 Å². The number of benzene rings is 2. The molecule has 11 heteroatoms. The van der Waals surface area contributed by atoms with Gasteiger partial charge in [-0.05, 0) is 51.0 Å². The van der Waals surface area contributed by atoms with Crippen LogP contribution in [-0.2, 0) is 6.54 Å². The number of nitriles is 2. The molecule has 0 bridgehead atoms. The van der Waals surface area contributed by atoms with Gasteiger partial charge in [0.2, 0.25) is 5.95 Å². The number of hydrogen-bond donors (Lipinski definition) is 2. The number of aromatic nitrogens is 3. The topological polar surface area (TPSA) is 128 Å². The van der Waals surface area contributed by atoms with Gasteiger partial charge in [0.05, 0.1) is 45.9 Å². The number of aliphatic hydroxyl groups is 1. The number of anilines is 1. The van der Waals surface area contributed by atoms with Crippen LogP contribution in [-0.4, -0.2) is 44.6 Å². The van der Waals surface area contributed by atoms with E-state index in [9.17, 15) is 24.4 Å². The fraction of sp³-hybridized carbons (Fsp3) is 0.310. The lowest BCUT2D eigenvalue weighted by atomic mass is 9.93. The van der Waals surface area contributed by atoms with Crippen LogP contribution in [0.5, 0.6) is 0 Å². The van der Waals surface area contributed by atoms with Gasteiger partial charge in [-0.2, -0.15) is 14.9 Å². The van der Waals surface area contributed by atoms with E-state index in [0.29, 0.717) is 31.7 Å². The van der Waals surface area contributed by atoms with Crippen LogP contribution in [0.1, 0.15) is 37.8 Å². The van der Waals surface area contributed by atoms with Crippen molar-refractivity contribution in [3.63, 3.8) is 0 Å². The van der Waals surface area contributed by atoms with Gasteiger partial charge in [0.1, 0.15) is 23.5 Å². The van der Waals surface area contributed by atoms with Gasteiger partial charge in [-0.3, -0.25) is 4.68 Å². The number of halogens is 3. The Hall–Kier alpha value is -4.45. The molecule has 0 spiro atoms. The van der Waals surface area contributed by atoms with Crippen molar-refractivity contribution in [1.82, 2.24) is 14.8 Å². The molecule has 1 aliphatic heterocycles. The van der Waals surface area contributed by atoms with E-state index in [-0.39, 0.29) is 57.0 Å². The minimum atomic E-state index is -1.24. The van der Waals surface area contributed by atoms with Gasteiger partial charge < -0.3 is 15.7 Å². The highest BCUT2D eigenvalue weighted by Gasteiger charge is 2.26. The first-order chi connectivity index (χ1) is 19.0. The van der Waals surface area contributed by atoms with Crippen LogP contribution < -0.4 is 10.6 Å². The smallest absolute Gasteiger partial charge is 0.240 e. The van der Waals surface area contributed by atoms with Gasteiger partial charge >= 0.3 is 0 Å². The molecule has 40 heavy (non-hydrogen) atoms. The predicted octanol–water partition coefficient (Wildman–Crippen LogP) is 4.62. The molecule has 0 unspecified atom stereocenters. The van der Waals surface area contributed by atoms with E-state index in [0.717, 1.165) is 12.1 Å². The average Bonchev–Trinajstić information content (AvgIpc) is 3.19. The SMILES string of the molecule is CC(C)(O)Cn1nc(F)c2cc(-c3c(C#N)cc(N4CCC(N)CC4)nc3-c3ccc(C#N)c(F)c3)c(F)cc21. The lowest BCUT2D eigenvalue weighted by Crippen LogP contribution is -2.40. The van der Waals surface area contributed by atoms with Crippen LogP contribution in [0.2, 0.25) is 0 Å². The van der Waals surface area contributed by atoms with Crippen LogP contribution in [0, 0.1) is 40.2 Å². The molecule has 0 radical (unpaired) electrons. The number of piperidine rings is 1. The van der Waals surface area contributed by atoms with Gasteiger partial charge in [0.25, 0.3) is 0 Å². The summed E-state index contributed by atoms with van der Waals surface area (Å²) in [6.45, 7) is 4.14. The van der Waals surface area contributed by atoms with Crippen molar-refractivity contribution < 1.29 is 18.3 Å². The Labute approximate surface area is 228 Å². The highest BCUT2D eigenvalue weighted by atomic mass is 19.1. The van der Waals surface area contributed by atoms with Gasteiger partial charge in [-0.15, -0.1) is 5.10 Å². The summed E-state index contributed by atoms with van der Waals surface area (Å²) in [5.74, 6) is -2.01. The first kappa shape index (κ1) is 27.1. The third kappa shape index (κ3) is 5.09. The summed E-state index contributed by atoms with van der Waals surface area (Å²) in [7, 11) is 0. The fourth-order valence-electron chi connectivity index (χ4n) is 4.98. The summed E-state index contributed by atoms with van der Waals surface area (Å²) in [5, 5.41) is 33.4. The van der Waals surface area contributed by atoms with E-state index < -0.39 is 23.2 Å². The average molecular weight is 546 g/mol. The molecule has 0 saturated carbocycles. The van der Waals surface area contributed by atoms with Crippen molar-refractivity contribution >= 4 is 16.7 Å². The molecule has 204 valence electrons. The summed E-state index contributed by atoms with van der Waals surface area (Å²) in [6, 6.07) is 11.7. The highest BCUT2D eigenvalue weighted by molar-refractivity contribution is 5.92. The van der Waals surface area contributed by atoms with Gasteiger partial charge in [-0.25, -0.2) is 13.8 Å². The van der Waals surface area contributed by atoms with Gasteiger partial charge in [-0.1, -0.05) is 6.07 Å². The minimum absolute atomic E-state index is 0.0180. The summed E-state index contributed by atoms with van der Waals surface area (Å²) in [5.41, 5.74) is 5.07. The Balaban J connectivity index is 1.76. The van der Waals surface area contributed by atoms with Crippen molar-refractivity contribution in [1.29, 1.82) is 10.5 Å².